The molecule has 1 heterocycles. The first-order chi connectivity index (χ1) is 12.4. The van der Waals surface area contributed by atoms with Crippen LogP contribution in [0.25, 0.3) is 11.0 Å². The van der Waals surface area contributed by atoms with Gasteiger partial charge in [-0.25, -0.2) is 13.2 Å². The Morgan fingerprint density at radius 1 is 1.12 bits per heavy atom. The summed E-state index contributed by atoms with van der Waals surface area (Å²) >= 11 is 0. The van der Waals surface area contributed by atoms with Crippen LogP contribution < -0.4 is 0 Å². The number of furan rings is 1. The highest BCUT2D eigenvalue weighted by Gasteiger charge is 2.23. The van der Waals surface area contributed by atoms with Gasteiger partial charge in [0, 0.05) is 12.4 Å². The van der Waals surface area contributed by atoms with Crippen molar-refractivity contribution in [2.24, 2.45) is 0 Å². The molecule has 0 aliphatic rings. The molecule has 26 heavy (non-hydrogen) atoms. The third-order valence-corrected chi connectivity index (χ3v) is 5.85. The van der Waals surface area contributed by atoms with Crippen LogP contribution in [0.5, 0.6) is 0 Å². The van der Waals surface area contributed by atoms with Gasteiger partial charge in [0.2, 0.25) is 10.0 Å². The molecule has 1 aromatic heterocycles. The third-order valence-electron chi connectivity index (χ3n) is 4.09. The van der Waals surface area contributed by atoms with Crippen molar-refractivity contribution in [2.75, 3.05) is 14.2 Å². The van der Waals surface area contributed by atoms with Crippen LogP contribution in [0.15, 0.2) is 59.0 Å². The van der Waals surface area contributed by atoms with Crippen molar-refractivity contribution in [3.8, 4) is 0 Å². The molecule has 136 valence electrons. The van der Waals surface area contributed by atoms with Gasteiger partial charge < -0.3 is 9.15 Å². The zero-order valence-corrected chi connectivity index (χ0v) is 15.3. The van der Waals surface area contributed by atoms with Gasteiger partial charge in [0.1, 0.15) is 11.3 Å². The predicted molar refractivity (Wildman–Crippen MR) is 98.1 cm³/mol. The lowest BCUT2D eigenvalue weighted by Crippen LogP contribution is -2.28. The number of esters is 1. The average Bonchev–Trinajstić information content (AvgIpc) is 3.03. The van der Waals surface area contributed by atoms with E-state index >= 15 is 0 Å². The number of ether oxygens (including phenoxy) is 1. The Labute approximate surface area is 152 Å². The van der Waals surface area contributed by atoms with E-state index in [9.17, 15) is 13.2 Å². The Hall–Kier alpha value is -2.64. The first-order valence-corrected chi connectivity index (χ1v) is 9.59. The van der Waals surface area contributed by atoms with E-state index in [1.165, 1.54) is 18.5 Å². The van der Waals surface area contributed by atoms with Crippen LogP contribution in [0.2, 0.25) is 0 Å². The van der Waals surface area contributed by atoms with Crippen LogP contribution in [-0.4, -0.2) is 32.8 Å². The number of sulfonamides is 1. The first kappa shape index (κ1) is 18.2. The molecule has 2 aromatic carbocycles. The van der Waals surface area contributed by atoms with Crippen LogP contribution in [0, 0.1) is 0 Å². The van der Waals surface area contributed by atoms with Gasteiger partial charge in [-0.2, -0.15) is 4.31 Å². The summed E-state index contributed by atoms with van der Waals surface area (Å²) < 4.78 is 37.1. The summed E-state index contributed by atoms with van der Waals surface area (Å²) in [4.78, 5) is 11.8. The van der Waals surface area contributed by atoms with Crippen LogP contribution in [-0.2, 0) is 27.1 Å². The number of para-hydroxylation sites is 1. The smallest absolute Gasteiger partial charge is 0.338 e. The lowest BCUT2D eigenvalue weighted by Gasteiger charge is -2.17. The number of hydrogen-bond donors (Lipinski definition) is 0. The number of methoxy groups -OCH3 is 1. The van der Waals surface area contributed by atoms with Gasteiger partial charge >= 0.3 is 5.97 Å². The maximum atomic E-state index is 12.7. The lowest BCUT2D eigenvalue weighted by molar-refractivity contribution is 0.0600. The van der Waals surface area contributed by atoms with Crippen LogP contribution in [0.3, 0.4) is 0 Å². The van der Waals surface area contributed by atoms with Crippen LogP contribution in [0.1, 0.15) is 21.7 Å². The van der Waals surface area contributed by atoms with E-state index in [-0.39, 0.29) is 17.9 Å². The monoisotopic (exact) mass is 373 g/mol. The Morgan fingerprint density at radius 2 is 1.81 bits per heavy atom. The number of hydrogen-bond acceptors (Lipinski definition) is 5. The minimum atomic E-state index is -3.65. The summed E-state index contributed by atoms with van der Waals surface area (Å²) in [7, 11) is -0.893. The molecule has 0 saturated heterocycles. The van der Waals surface area contributed by atoms with Gasteiger partial charge in [0.05, 0.1) is 25.0 Å². The molecule has 0 fully saturated rings. The summed E-state index contributed by atoms with van der Waals surface area (Å²) in [5.41, 5.74) is 1.36. The molecule has 3 aromatic rings. The second-order valence-electron chi connectivity index (χ2n) is 5.91. The average molecular weight is 373 g/mol. The molecule has 0 bridgehead atoms. The Bertz CT molecular complexity index is 1010. The molecule has 7 heteroatoms. The van der Waals surface area contributed by atoms with Gasteiger partial charge in [0.15, 0.2) is 0 Å². The van der Waals surface area contributed by atoms with E-state index in [0.717, 1.165) is 5.39 Å². The summed E-state index contributed by atoms with van der Waals surface area (Å²) in [6.07, 6.45) is 0. The molecule has 0 spiro atoms. The minimum absolute atomic E-state index is 0.109. The van der Waals surface area contributed by atoms with E-state index in [4.69, 9.17) is 9.15 Å². The van der Waals surface area contributed by atoms with E-state index in [1.54, 1.807) is 24.3 Å². The van der Waals surface area contributed by atoms with Crippen LogP contribution in [0.4, 0.5) is 0 Å². The fraction of sp³-hybridized carbons (Fsp3) is 0.211. The Morgan fingerprint density at radius 3 is 2.54 bits per heavy atom. The Kier molecular flexibility index (Phi) is 5.11. The number of carbonyl (C=O) groups excluding carboxylic acids is 1. The molecule has 0 atom stereocenters. The first-order valence-electron chi connectivity index (χ1n) is 7.98. The molecule has 0 amide bonds. The predicted octanol–water partition coefficient (Wildman–Crippen LogP) is 3.18. The highest BCUT2D eigenvalue weighted by Crippen LogP contribution is 2.22. The molecule has 6 nitrogen and oxygen atoms in total. The number of fused-ring (bicyclic) bond motifs is 1. The highest BCUT2D eigenvalue weighted by atomic mass is 32.2. The molecular formula is C19H19NO5S. The normalized spacial score (nSPS) is 11.8. The summed E-state index contributed by atoms with van der Waals surface area (Å²) in [6.45, 7) is 0.109. The van der Waals surface area contributed by atoms with Crippen molar-refractivity contribution in [3.63, 3.8) is 0 Å². The standard InChI is InChI=1S/C19H19NO5S/c1-20(12-16-11-14-7-4-6-10-18(14)25-16)26(22,23)13-15-8-3-5-9-17(15)19(21)24-2/h3-11H,12-13H2,1-2H3. The molecular weight excluding hydrogens is 354 g/mol. The Balaban J connectivity index is 1.80. The maximum absolute atomic E-state index is 12.7. The maximum Gasteiger partial charge on any atom is 0.338 e. The lowest BCUT2D eigenvalue weighted by atomic mass is 10.1. The second kappa shape index (κ2) is 7.31. The van der Waals surface area contributed by atoms with E-state index in [1.807, 2.05) is 30.3 Å². The van der Waals surface area contributed by atoms with Crippen molar-refractivity contribution in [3.05, 3.63) is 71.5 Å². The van der Waals surface area contributed by atoms with Crippen molar-refractivity contribution < 1.29 is 22.4 Å². The van der Waals surface area contributed by atoms with Gasteiger partial charge in [-0.3, -0.25) is 0 Å². The molecule has 0 unspecified atom stereocenters. The topological polar surface area (TPSA) is 76.8 Å². The van der Waals surface area contributed by atoms with Crippen molar-refractivity contribution in [2.45, 2.75) is 12.3 Å². The zero-order chi connectivity index (χ0) is 18.7. The van der Waals surface area contributed by atoms with Crippen molar-refractivity contribution >= 4 is 27.0 Å². The summed E-state index contributed by atoms with van der Waals surface area (Å²) in [6, 6.07) is 15.8. The van der Waals surface area contributed by atoms with Gasteiger partial charge in [-0.15, -0.1) is 0 Å². The third kappa shape index (κ3) is 3.79. The number of benzene rings is 2. The minimum Gasteiger partial charge on any atom is -0.465 e. The number of rotatable bonds is 6. The van der Waals surface area contributed by atoms with Gasteiger partial charge in [-0.1, -0.05) is 36.4 Å². The second-order valence-corrected chi connectivity index (χ2v) is 7.99. The number of nitrogens with zero attached hydrogens (tertiary/aromatic N) is 1. The van der Waals surface area contributed by atoms with E-state index in [0.29, 0.717) is 16.9 Å². The quantitative estimate of drug-likeness (QED) is 0.620. The van der Waals surface area contributed by atoms with E-state index in [2.05, 4.69) is 0 Å². The van der Waals surface area contributed by atoms with Gasteiger partial charge in [0.25, 0.3) is 0 Å². The number of carbonyl (C=O) groups is 1. The SMILES string of the molecule is COC(=O)c1ccccc1CS(=O)(=O)N(C)Cc1cc2ccccc2o1. The van der Waals surface area contributed by atoms with Crippen molar-refractivity contribution in [1.82, 2.24) is 4.31 Å². The van der Waals surface area contributed by atoms with Crippen molar-refractivity contribution in [1.29, 1.82) is 0 Å². The molecule has 3 rings (SSSR count). The van der Waals surface area contributed by atoms with E-state index < -0.39 is 16.0 Å². The molecule has 0 aliphatic carbocycles. The molecule has 0 radical (unpaired) electrons. The van der Waals surface area contributed by atoms with Crippen LogP contribution >= 0.6 is 0 Å². The summed E-state index contributed by atoms with van der Waals surface area (Å²) in [5.74, 6) is -0.302. The van der Waals surface area contributed by atoms with Gasteiger partial charge in [-0.05, 0) is 23.8 Å². The zero-order valence-electron chi connectivity index (χ0n) is 14.5. The largest absolute Gasteiger partial charge is 0.465 e. The molecule has 0 aliphatic heterocycles. The summed E-state index contributed by atoms with van der Waals surface area (Å²) in [5, 5.41) is 0.921. The highest BCUT2D eigenvalue weighted by molar-refractivity contribution is 7.88. The fourth-order valence-corrected chi connectivity index (χ4v) is 3.88. The fourth-order valence-electron chi connectivity index (χ4n) is 2.69. The molecule has 0 saturated carbocycles. The molecule has 0 N–H and O–H groups in total.